The fourth-order valence-corrected chi connectivity index (χ4v) is 7.53. The molecule has 7 N–H and O–H groups in total. The molecule has 246 valence electrons. The maximum Gasteiger partial charge on any atom is 0.327 e. The molecule has 0 saturated carbocycles. The smallest absolute Gasteiger partial charge is 0.327 e. The van der Waals surface area contributed by atoms with E-state index < -0.39 is 63.5 Å². The summed E-state index contributed by atoms with van der Waals surface area (Å²) >= 11 is 1.26. The monoisotopic (exact) mass is 662 g/mol. The summed E-state index contributed by atoms with van der Waals surface area (Å²) in [6, 6.07) is 10.8. The van der Waals surface area contributed by atoms with E-state index in [1.807, 2.05) is 0 Å². The number of nitrogens with two attached hydrogens (primary N) is 2. The zero-order valence-electron chi connectivity index (χ0n) is 25.7. The van der Waals surface area contributed by atoms with Crippen molar-refractivity contribution < 1.29 is 34.2 Å². The molecule has 0 spiro atoms. The Morgan fingerprint density at radius 1 is 1.02 bits per heavy atom. The first-order valence-electron chi connectivity index (χ1n) is 14.6. The number of nitrogens with zero attached hydrogens (tertiary/aromatic N) is 3. The lowest BCUT2D eigenvalue weighted by Crippen LogP contribution is -2.71. The Bertz CT molecular complexity index is 1790. The number of aromatic hydroxyl groups is 1. The van der Waals surface area contributed by atoms with Crippen molar-refractivity contribution in [3.8, 4) is 17.0 Å². The van der Waals surface area contributed by atoms with E-state index in [1.165, 1.54) is 71.0 Å². The molecule has 2 aliphatic rings. The van der Waals surface area contributed by atoms with Gasteiger partial charge in [0.1, 0.15) is 29.2 Å². The minimum Gasteiger partial charge on any atom is -0.508 e. The fourth-order valence-electron chi connectivity index (χ4n) is 5.84. The van der Waals surface area contributed by atoms with Gasteiger partial charge in [0.2, 0.25) is 24.1 Å². The second-order valence-corrected chi connectivity index (χ2v) is 13.7. The first kappa shape index (κ1) is 33.4. The van der Waals surface area contributed by atoms with Crippen molar-refractivity contribution in [2.24, 2.45) is 11.5 Å². The molecule has 0 aliphatic carbocycles. The molecule has 14 nitrogen and oxygen atoms in total. The van der Waals surface area contributed by atoms with Crippen molar-refractivity contribution in [2.45, 2.75) is 61.6 Å². The number of aliphatic carboxylic acids is 1. The molecule has 3 aromatic rings. The van der Waals surface area contributed by atoms with Crippen molar-refractivity contribution >= 4 is 47.6 Å². The zero-order chi connectivity index (χ0) is 34.4. The van der Waals surface area contributed by atoms with Gasteiger partial charge in [-0.1, -0.05) is 24.3 Å². The number of carboxylic acids is 1. The second-order valence-electron chi connectivity index (χ2n) is 12.0. The number of thioether (sulfide) groups is 1. The third kappa shape index (κ3) is 6.12. The predicted molar refractivity (Wildman–Crippen MR) is 173 cm³/mol. The third-order valence-corrected chi connectivity index (χ3v) is 9.86. The molecule has 4 amide bonds. The van der Waals surface area contributed by atoms with Crippen LogP contribution in [0.5, 0.6) is 5.75 Å². The van der Waals surface area contributed by atoms with Crippen LogP contribution in [0.25, 0.3) is 11.3 Å². The van der Waals surface area contributed by atoms with E-state index in [-0.39, 0.29) is 17.9 Å². The molecular formula is C32H34N6O8S. The van der Waals surface area contributed by atoms with Gasteiger partial charge in [-0.15, -0.1) is 11.8 Å². The summed E-state index contributed by atoms with van der Waals surface area (Å²) in [6.07, 6.45) is 0.372. The van der Waals surface area contributed by atoms with Gasteiger partial charge < -0.3 is 36.5 Å². The van der Waals surface area contributed by atoms with Gasteiger partial charge in [0.25, 0.3) is 5.56 Å². The number of hydrogen-bond acceptors (Lipinski definition) is 10. The molecule has 2 aromatic carbocycles. The maximum absolute atomic E-state index is 13.9. The molecule has 0 bridgehead atoms. The number of β-lactam (4-membered cyclic amide) rings is 1. The number of imide groups is 1. The number of carbonyl (C=O) groups is 5. The Balaban J connectivity index is 1.44. The van der Waals surface area contributed by atoms with Crippen molar-refractivity contribution in [2.75, 3.05) is 4.90 Å². The van der Waals surface area contributed by atoms with Crippen LogP contribution >= 0.6 is 11.8 Å². The van der Waals surface area contributed by atoms with Crippen LogP contribution in [-0.4, -0.2) is 83.3 Å². The number of nitrogens with one attached hydrogen (secondary N) is 1. The number of aromatic nitrogens is 1. The summed E-state index contributed by atoms with van der Waals surface area (Å²) < 4.78 is -0.845. The number of rotatable bonds is 10. The van der Waals surface area contributed by atoms with E-state index in [0.717, 1.165) is 4.90 Å². The van der Waals surface area contributed by atoms with Gasteiger partial charge >= 0.3 is 5.97 Å². The van der Waals surface area contributed by atoms with E-state index >= 15 is 0 Å². The molecule has 1 aromatic heterocycles. The number of H-pyrrole nitrogens is 1. The Kier molecular flexibility index (Phi) is 8.99. The van der Waals surface area contributed by atoms with Gasteiger partial charge in [-0.25, -0.2) is 4.79 Å². The van der Waals surface area contributed by atoms with Gasteiger partial charge in [0.05, 0.1) is 18.3 Å². The van der Waals surface area contributed by atoms with E-state index in [1.54, 1.807) is 32.0 Å². The number of anilines is 1. The van der Waals surface area contributed by atoms with E-state index in [4.69, 9.17) is 11.5 Å². The normalized spacial score (nSPS) is 20.8. The van der Waals surface area contributed by atoms with Crippen LogP contribution in [0.4, 0.5) is 5.69 Å². The molecule has 15 heteroatoms. The number of phenols is 1. The summed E-state index contributed by atoms with van der Waals surface area (Å²) in [5, 5.41) is 18.9. The number of pyridine rings is 1. The van der Waals surface area contributed by atoms with Crippen LogP contribution in [0.3, 0.4) is 0 Å². The molecule has 1 unspecified atom stereocenters. The van der Waals surface area contributed by atoms with E-state index in [2.05, 4.69) is 4.98 Å². The number of benzene rings is 2. The van der Waals surface area contributed by atoms with Crippen molar-refractivity contribution in [3.05, 3.63) is 82.1 Å². The van der Waals surface area contributed by atoms with Crippen LogP contribution in [0.2, 0.25) is 0 Å². The molecular weight excluding hydrogens is 628 g/mol. The molecule has 2 saturated heterocycles. The lowest BCUT2D eigenvalue weighted by atomic mass is 9.94. The van der Waals surface area contributed by atoms with Crippen LogP contribution in [0.15, 0.2) is 65.5 Å². The standard InChI is InChI=1S/C32H34N6O8S/c1-16(33)27(42)37(15-39)20-9-4-17(5-10-20)22-13-8-19(26(41)35-22)14-36(28(43)23(34)18-6-11-21(40)12-7-18)24-29(44)38-25(31(45)46)32(2,3)47-30(24)38/h4-13,15-16,23-25,30,40H,14,33-34H2,1-3H3,(H,35,41)(H,45,46)/t16-,23?,24+,25-,30+/m0/s1. The average Bonchev–Trinajstić information content (AvgIpc) is 3.28. The quantitative estimate of drug-likeness (QED) is 0.153. The zero-order valence-corrected chi connectivity index (χ0v) is 26.5. The number of carbonyl (C=O) groups excluding carboxylic acids is 4. The second kappa shape index (κ2) is 12.7. The fraction of sp³-hybridized carbons (Fsp3) is 0.312. The Morgan fingerprint density at radius 2 is 1.66 bits per heavy atom. The molecule has 47 heavy (non-hydrogen) atoms. The topological polar surface area (TPSA) is 220 Å². The highest BCUT2D eigenvalue weighted by atomic mass is 32.2. The molecule has 5 rings (SSSR count). The lowest BCUT2D eigenvalue weighted by Gasteiger charge is -2.48. The molecule has 5 atom stereocenters. The van der Waals surface area contributed by atoms with Crippen molar-refractivity contribution in [1.82, 2.24) is 14.8 Å². The number of fused-ring (bicyclic) bond motifs is 1. The summed E-state index contributed by atoms with van der Waals surface area (Å²) in [6.45, 7) is 4.60. The minimum absolute atomic E-state index is 0.0275. The third-order valence-electron chi connectivity index (χ3n) is 8.30. The highest BCUT2D eigenvalue weighted by molar-refractivity contribution is 8.01. The van der Waals surface area contributed by atoms with Crippen molar-refractivity contribution in [3.63, 3.8) is 0 Å². The van der Waals surface area contributed by atoms with Crippen molar-refractivity contribution in [1.29, 1.82) is 0 Å². The molecule has 0 radical (unpaired) electrons. The van der Waals surface area contributed by atoms with Gasteiger partial charge in [-0.2, -0.15) is 0 Å². The Hall–Kier alpha value is -4.99. The van der Waals surface area contributed by atoms with Crippen LogP contribution in [0.1, 0.15) is 37.9 Å². The van der Waals surface area contributed by atoms with E-state index in [9.17, 15) is 39.0 Å². The van der Waals surface area contributed by atoms with Crippen LogP contribution < -0.4 is 21.9 Å². The summed E-state index contributed by atoms with van der Waals surface area (Å²) in [7, 11) is 0. The maximum atomic E-state index is 13.9. The number of carboxylic acid groups (broad SMARTS) is 1. The highest BCUT2D eigenvalue weighted by Gasteiger charge is 2.66. The predicted octanol–water partition coefficient (Wildman–Crippen LogP) is 1.13. The summed E-state index contributed by atoms with van der Waals surface area (Å²) in [5.41, 5.74) is 13.2. The van der Waals surface area contributed by atoms with Gasteiger partial charge in [0, 0.05) is 16.0 Å². The first-order valence-corrected chi connectivity index (χ1v) is 15.5. The van der Waals surface area contributed by atoms with Crippen LogP contribution in [0, 0.1) is 0 Å². The Morgan fingerprint density at radius 3 is 2.21 bits per heavy atom. The minimum atomic E-state index is -1.25. The lowest BCUT2D eigenvalue weighted by molar-refractivity contribution is -0.169. The Labute approximate surface area is 273 Å². The molecule has 2 aliphatic heterocycles. The number of amides is 4. The number of hydrogen-bond donors (Lipinski definition) is 5. The number of aromatic amines is 1. The first-order chi connectivity index (χ1) is 22.2. The van der Waals surface area contributed by atoms with Gasteiger partial charge in [0.15, 0.2) is 0 Å². The van der Waals surface area contributed by atoms with Gasteiger partial charge in [-0.05, 0) is 68.3 Å². The van der Waals surface area contributed by atoms with Gasteiger partial charge in [-0.3, -0.25) is 28.9 Å². The summed E-state index contributed by atoms with van der Waals surface area (Å²) in [5.74, 6) is -2.99. The molecule has 3 heterocycles. The largest absolute Gasteiger partial charge is 0.508 e. The highest BCUT2D eigenvalue weighted by Crippen LogP contribution is 2.52. The average molecular weight is 663 g/mol. The van der Waals surface area contributed by atoms with Crippen LogP contribution in [-0.2, 0) is 30.5 Å². The number of phenolic OH excluding ortho intramolecular Hbond substituents is 1. The molecule has 2 fully saturated rings. The SMILES string of the molecule is C[C@H](N)C(=O)N(C=O)c1ccc(-c2ccc(CN(C(=O)C(N)c3ccc(O)cc3)[C@@H]3C(=O)N4[C@@H]3SC(C)(C)[C@@H]4C(=O)O)c(=O)[nH]2)cc1. The summed E-state index contributed by atoms with van der Waals surface area (Å²) in [4.78, 5) is 82.8. The van der Waals surface area contributed by atoms with E-state index in [0.29, 0.717) is 28.9 Å².